The zero-order chi connectivity index (χ0) is 19.3. The standard InChI is InChI=1S/C18H23ClN4O2S2/c1-18(2,3)25-17(24)22-7-10-4-5-23(12(10)8-22)15-14(21-16(20)27-15)13-6-11(19)9-26-13/h6,9-10,12H,4-5,7-8H2,1-3H3,(H2,20,21). The number of ether oxygens (including phenoxy) is 1. The van der Waals surface area contributed by atoms with Crippen molar-refractivity contribution in [3.8, 4) is 10.6 Å². The molecule has 0 saturated carbocycles. The van der Waals surface area contributed by atoms with Gasteiger partial charge < -0.3 is 20.3 Å². The topological polar surface area (TPSA) is 71.7 Å². The predicted octanol–water partition coefficient (Wildman–Crippen LogP) is 4.55. The second-order valence-corrected chi connectivity index (χ2v) is 10.4. The van der Waals surface area contributed by atoms with Crippen molar-refractivity contribution in [2.45, 2.75) is 38.8 Å². The summed E-state index contributed by atoms with van der Waals surface area (Å²) >= 11 is 9.19. The number of thiophene rings is 1. The fourth-order valence-electron chi connectivity index (χ4n) is 3.81. The van der Waals surface area contributed by atoms with Gasteiger partial charge >= 0.3 is 6.09 Å². The molecule has 9 heteroatoms. The molecule has 2 saturated heterocycles. The summed E-state index contributed by atoms with van der Waals surface area (Å²) in [6.45, 7) is 8.05. The molecule has 0 bridgehead atoms. The highest BCUT2D eigenvalue weighted by Crippen LogP contribution is 2.45. The number of carbonyl (C=O) groups is 1. The van der Waals surface area contributed by atoms with E-state index in [1.165, 1.54) is 11.3 Å². The number of anilines is 2. The number of hydrogen-bond acceptors (Lipinski definition) is 7. The van der Waals surface area contributed by atoms with Crippen LogP contribution in [0.2, 0.25) is 5.02 Å². The molecule has 2 fully saturated rings. The molecule has 0 radical (unpaired) electrons. The van der Waals surface area contributed by atoms with Crippen LogP contribution in [0.4, 0.5) is 14.9 Å². The van der Waals surface area contributed by atoms with Crippen LogP contribution in [0.5, 0.6) is 0 Å². The van der Waals surface area contributed by atoms with E-state index in [2.05, 4.69) is 9.88 Å². The maximum Gasteiger partial charge on any atom is 0.410 e. The number of fused-ring (bicyclic) bond motifs is 1. The number of nitrogens with zero attached hydrogens (tertiary/aromatic N) is 3. The smallest absolute Gasteiger partial charge is 0.410 e. The molecule has 4 rings (SSSR count). The Morgan fingerprint density at radius 2 is 2.19 bits per heavy atom. The Kier molecular flexibility index (Phi) is 4.76. The minimum atomic E-state index is -0.480. The molecular weight excluding hydrogens is 404 g/mol. The first kappa shape index (κ1) is 18.8. The third-order valence-electron chi connectivity index (χ3n) is 4.89. The summed E-state index contributed by atoms with van der Waals surface area (Å²) < 4.78 is 5.55. The molecule has 146 valence electrons. The van der Waals surface area contributed by atoms with Gasteiger partial charge in [-0.1, -0.05) is 22.9 Å². The predicted molar refractivity (Wildman–Crippen MR) is 112 cm³/mol. The monoisotopic (exact) mass is 426 g/mol. The second-order valence-electron chi connectivity index (χ2n) is 8.03. The van der Waals surface area contributed by atoms with E-state index >= 15 is 0 Å². The van der Waals surface area contributed by atoms with Crippen LogP contribution < -0.4 is 10.6 Å². The minimum Gasteiger partial charge on any atom is -0.444 e. The van der Waals surface area contributed by atoms with E-state index in [1.54, 1.807) is 11.3 Å². The molecule has 2 atom stereocenters. The van der Waals surface area contributed by atoms with Gasteiger partial charge in [-0.15, -0.1) is 11.3 Å². The molecule has 2 N–H and O–H groups in total. The van der Waals surface area contributed by atoms with Crippen molar-refractivity contribution in [1.82, 2.24) is 9.88 Å². The molecule has 2 aromatic rings. The summed E-state index contributed by atoms with van der Waals surface area (Å²) in [6.07, 6.45) is 0.817. The number of halogens is 1. The van der Waals surface area contributed by atoms with Crippen molar-refractivity contribution < 1.29 is 9.53 Å². The molecule has 27 heavy (non-hydrogen) atoms. The Morgan fingerprint density at radius 1 is 1.41 bits per heavy atom. The van der Waals surface area contributed by atoms with Crippen molar-refractivity contribution in [3.63, 3.8) is 0 Å². The molecule has 2 aliphatic rings. The average Bonchev–Trinajstić information content (AvgIpc) is 3.27. The highest BCUT2D eigenvalue weighted by molar-refractivity contribution is 7.20. The van der Waals surface area contributed by atoms with Gasteiger partial charge in [-0.3, -0.25) is 0 Å². The highest BCUT2D eigenvalue weighted by atomic mass is 35.5. The lowest BCUT2D eigenvalue weighted by Gasteiger charge is -2.27. The van der Waals surface area contributed by atoms with Gasteiger partial charge in [-0.25, -0.2) is 9.78 Å². The molecule has 2 unspecified atom stereocenters. The number of hydrogen-bond donors (Lipinski definition) is 1. The molecule has 0 aliphatic carbocycles. The second kappa shape index (κ2) is 6.83. The van der Waals surface area contributed by atoms with Gasteiger partial charge in [-0.2, -0.15) is 0 Å². The SMILES string of the molecule is CC(C)(C)OC(=O)N1CC2CCN(c3sc(N)nc3-c3cc(Cl)cs3)C2C1. The Hall–Kier alpha value is -1.51. The van der Waals surface area contributed by atoms with E-state index < -0.39 is 5.60 Å². The largest absolute Gasteiger partial charge is 0.444 e. The molecule has 0 aromatic carbocycles. The van der Waals surface area contributed by atoms with Gasteiger partial charge in [0.05, 0.1) is 15.9 Å². The zero-order valence-electron chi connectivity index (χ0n) is 15.6. The molecule has 6 nitrogen and oxygen atoms in total. The minimum absolute atomic E-state index is 0.231. The Balaban J connectivity index is 1.56. The number of rotatable bonds is 2. The number of likely N-dealkylation sites (tertiary alicyclic amines) is 1. The van der Waals surface area contributed by atoms with E-state index in [-0.39, 0.29) is 12.1 Å². The Labute approximate surface area is 171 Å². The van der Waals surface area contributed by atoms with Gasteiger partial charge in [0.1, 0.15) is 16.3 Å². The third kappa shape index (κ3) is 3.75. The Bertz CT molecular complexity index is 860. The average molecular weight is 427 g/mol. The maximum atomic E-state index is 12.5. The van der Waals surface area contributed by atoms with Crippen molar-refractivity contribution in [2.75, 3.05) is 30.3 Å². The molecular formula is C18H23ClN4O2S2. The molecule has 0 spiro atoms. The maximum absolute atomic E-state index is 12.5. The number of thiazole rings is 1. The van der Waals surface area contributed by atoms with Crippen molar-refractivity contribution in [3.05, 3.63) is 16.5 Å². The fourth-order valence-corrected chi connectivity index (χ4v) is 5.87. The molecule has 2 aliphatic heterocycles. The zero-order valence-corrected chi connectivity index (χ0v) is 18.0. The van der Waals surface area contributed by atoms with E-state index in [4.69, 9.17) is 22.1 Å². The lowest BCUT2D eigenvalue weighted by Crippen LogP contribution is -2.39. The van der Waals surface area contributed by atoms with Gasteiger partial charge in [0, 0.05) is 30.9 Å². The van der Waals surface area contributed by atoms with Crippen LogP contribution in [0.1, 0.15) is 27.2 Å². The van der Waals surface area contributed by atoms with Crippen LogP contribution in [0.25, 0.3) is 10.6 Å². The van der Waals surface area contributed by atoms with E-state index in [1.807, 2.05) is 37.1 Å². The quantitative estimate of drug-likeness (QED) is 0.762. The Morgan fingerprint density at radius 3 is 2.85 bits per heavy atom. The van der Waals surface area contributed by atoms with Crippen molar-refractivity contribution in [1.29, 1.82) is 0 Å². The molecule has 2 aromatic heterocycles. The first-order valence-electron chi connectivity index (χ1n) is 8.96. The first-order chi connectivity index (χ1) is 12.7. The number of amides is 1. The van der Waals surface area contributed by atoms with E-state index in [9.17, 15) is 4.79 Å². The first-order valence-corrected chi connectivity index (χ1v) is 11.0. The number of nitrogen functional groups attached to an aromatic ring is 1. The number of aromatic nitrogens is 1. The summed E-state index contributed by atoms with van der Waals surface area (Å²) in [5.74, 6) is 0.445. The van der Waals surface area contributed by atoms with Crippen LogP contribution >= 0.6 is 34.3 Å². The van der Waals surface area contributed by atoms with Gasteiger partial charge in [0.2, 0.25) is 0 Å². The van der Waals surface area contributed by atoms with Gasteiger partial charge in [-0.05, 0) is 33.3 Å². The van der Waals surface area contributed by atoms with Crippen LogP contribution in [0, 0.1) is 5.92 Å². The van der Waals surface area contributed by atoms with Crippen LogP contribution in [0.3, 0.4) is 0 Å². The van der Waals surface area contributed by atoms with E-state index in [0.29, 0.717) is 22.6 Å². The van der Waals surface area contributed by atoms with Gasteiger partial charge in [0.15, 0.2) is 5.13 Å². The summed E-state index contributed by atoms with van der Waals surface area (Å²) in [5.41, 5.74) is 6.46. The normalized spacial score (nSPS) is 22.4. The highest BCUT2D eigenvalue weighted by Gasteiger charge is 2.45. The number of carbonyl (C=O) groups excluding carboxylic acids is 1. The fraction of sp³-hybridized carbons (Fsp3) is 0.556. The summed E-state index contributed by atoms with van der Waals surface area (Å²) in [5, 5.41) is 4.24. The summed E-state index contributed by atoms with van der Waals surface area (Å²) in [4.78, 5) is 22.3. The summed E-state index contributed by atoms with van der Waals surface area (Å²) in [6, 6.07) is 2.20. The lowest BCUT2D eigenvalue weighted by atomic mass is 10.1. The summed E-state index contributed by atoms with van der Waals surface area (Å²) in [7, 11) is 0. The van der Waals surface area contributed by atoms with Crippen LogP contribution in [-0.2, 0) is 4.74 Å². The van der Waals surface area contributed by atoms with Gasteiger partial charge in [0.25, 0.3) is 0 Å². The third-order valence-corrected chi connectivity index (χ3v) is 7.09. The van der Waals surface area contributed by atoms with Crippen LogP contribution in [0.15, 0.2) is 11.4 Å². The van der Waals surface area contributed by atoms with E-state index in [0.717, 1.165) is 35.1 Å². The molecule has 4 heterocycles. The van der Waals surface area contributed by atoms with Crippen molar-refractivity contribution >= 4 is 50.5 Å². The molecule has 1 amide bonds. The lowest BCUT2D eigenvalue weighted by molar-refractivity contribution is 0.0284. The van der Waals surface area contributed by atoms with Crippen molar-refractivity contribution in [2.24, 2.45) is 5.92 Å². The van der Waals surface area contributed by atoms with Crippen LogP contribution in [-0.4, -0.2) is 47.3 Å². The number of nitrogens with two attached hydrogens (primary N) is 1.